The van der Waals surface area contributed by atoms with Crippen LogP contribution < -0.4 is 9.47 Å². The van der Waals surface area contributed by atoms with Gasteiger partial charge in [0.2, 0.25) is 11.8 Å². The van der Waals surface area contributed by atoms with Crippen molar-refractivity contribution in [3.63, 3.8) is 0 Å². The summed E-state index contributed by atoms with van der Waals surface area (Å²) in [5, 5.41) is 8.37. The van der Waals surface area contributed by atoms with Crippen molar-refractivity contribution in [1.82, 2.24) is 15.1 Å². The molecule has 0 saturated carbocycles. The second-order valence-corrected chi connectivity index (χ2v) is 6.30. The van der Waals surface area contributed by atoms with E-state index in [4.69, 9.17) is 13.9 Å². The number of hydrogen-bond donors (Lipinski definition) is 0. The summed E-state index contributed by atoms with van der Waals surface area (Å²) in [6.07, 6.45) is 0.954. The van der Waals surface area contributed by atoms with Gasteiger partial charge in [0.1, 0.15) is 0 Å². The fourth-order valence-corrected chi connectivity index (χ4v) is 3.28. The van der Waals surface area contributed by atoms with Gasteiger partial charge in [0.15, 0.2) is 11.5 Å². The minimum atomic E-state index is 0.560. The largest absolute Gasteiger partial charge is 0.493 e. The topological polar surface area (TPSA) is 60.6 Å². The van der Waals surface area contributed by atoms with Crippen LogP contribution >= 0.6 is 0 Å². The van der Waals surface area contributed by atoms with Crippen LogP contribution in [0.3, 0.4) is 0 Å². The molecule has 0 amide bonds. The van der Waals surface area contributed by atoms with E-state index in [-0.39, 0.29) is 0 Å². The number of methoxy groups -OCH3 is 2. The molecule has 3 aromatic rings. The minimum Gasteiger partial charge on any atom is -0.493 e. The van der Waals surface area contributed by atoms with Crippen LogP contribution in [0.2, 0.25) is 0 Å². The van der Waals surface area contributed by atoms with Crippen LogP contribution in [0.1, 0.15) is 17.0 Å². The highest BCUT2D eigenvalue weighted by Crippen LogP contribution is 2.33. The van der Waals surface area contributed by atoms with Gasteiger partial charge < -0.3 is 13.9 Å². The highest BCUT2D eigenvalue weighted by atomic mass is 16.5. The van der Waals surface area contributed by atoms with Crippen molar-refractivity contribution in [3.05, 3.63) is 59.5 Å². The standard InChI is InChI=1S/C20H21N3O3/c1-24-17-10-15-8-9-23(12-16(15)11-18(17)25-2)13-19-21-22-20(26-19)14-6-4-3-5-7-14/h3-7,10-11H,8-9,12-13H2,1-2H3. The summed E-state index contributed by atoms with van der Waals surface area (Å²) >= 11 is 0. The molecule has 0 atom stereocenters. The first kappa shape index (κ1) is 16.6. The predicted octanol–water partition coefficient (Wildman–Crippen LogP) is 3.31. The molecule has 1 aliphatic heterocycles. The third kappa shape index (κ3) is 3.28. The second-order valence-electron chi connectivity index (χ2n) is 6.30. The zero-order valence-corrected chi connectivity index (χ0v) is 14.9. The maximum atomic E-state index is 5.83. The van der Waals surface area contributed by atoms with Crippen molar-refractivity contribution in [2.45, 2.75) is 19.5 Å². The van der Waals surface area contributed by atoms with Gasteiger partial charge in [0.25, 0.3) is 0 Å². The number of fused-ring (bicyclic) bond motifs is 1. The molecule has 1 aliphatic rings. The number of ether oxygens (including phenoxy) is 2. The van der Waals surface area contributed by atoms with E-state index in [2.05, 4.69) is 27.2 Å². The number of hydrogen-bond acceptors (Lipinski definition) is 6. The molecule has 2 heterocycles. The Morgan fingerprint density at radius 2 is 1.73 bits per heavy atom. The van der Waals surface area contributed by atoms with Gasteiger partial charge in [-0.25, -0.2) is 0 Å². The van der Waals surface area contributed by atoms with Gasteiger partial charge in [-0.15, -0.1) is 10.2 Å². The Morgan fingerprint density at radius 3 is 2.46 bits per heavy atom. The highest BCUT2D eigenvalue weighted by molar-refractivity contribution is 5.51. The first-order chi connectivity index (χ1) is 12.8. The monoisotopic (exact) mass is 351 g/mol. The van der Waals surface area contributed by atoms with Crippen molar-refractivity contribution in [1.29, 1.82) is 0 Å². The van der Waals surface area contributed by atoms with E-state index in [1.54, 1.807) is 14.2 Å². The Kier molecular flexibility index (Phi) is 4.58. The van der Waals surface area contributed by atoms with Crippen LogP contribution in [0.5, 0.6) is 11.5 Å². The second kappa shape index (κ2) is 7.17. The molecule has 0 fully saturated rings. The van der Waals surface area contributed by atoms with Gasteiger partial charge >= 0.3 is 0 Å². The normalized spacial score (nSPS) is 14.1. The third-order valence-corrected chi connectivity index (χ3v) is 4.64. The third-order valence-electron chi connectivity index (χ3n) is 4.64. The van der Waals surface area contributed by atoms with Crippen LogP contribution in [0.4, 0.5) is 0 Å². The molecule has 26 heavy (non-hydrogen) atoms. The summed E-state index contributed by atoms with van der Waals surface area (Å²) < 4.78 is 16.7. The van der Waals surface area contributed by atoms with E-state index in [0.717, 1.165) is 36.6 Å². The summed E-state index contributed by atoms with van der Waals surface area (Å²) in [5.74, 6) is 2.73. The molecule has 0 N–H and O–H groups in total. The zero-order valence-electron chi connectivity index (χ0n) is 14.9. The lowest BCUT2D eigenvalue weighted by Crippen LogP contribution is -2.30. The van der Waals surface area contributed by atoms with Crippen LogP contribution in [0.25, 0.3) is 11.5 Å². The molecule has 4 rings (SSSR count). The lowest BCUT2D eigenvalue weighted by Gasteiger charge is -2.28. The maximum Gasteiger partial charge on any atom is 0.247 e. The van der Waals surface area contributed by atoms with Crippen molar-refractivity contribution in [3.8, 4) is 23.0 Å². The van der Waals surface area contributed by atoms with Crippen LogP contribution in [0, 0.1) is 0 Å². The summed E-state index contributed by atoms with van der Waals surface area (Å²) in [6, 6.07) is 14.0. The average molecular weight is 351 g/mol. The molecule has 0 bridgehead atoms. The number of aromatic nitrogens is 2. The molecular formula is C20H21N3O3. The average Bonchev–Trinajstić information content (AvgIpc) is 3.16. The van der Waals surface area contributed by atoms with Gasteiger partial charge in [-0.1, -0.05) is 18.2 Å². The van der Waals surface area contributed by atoms with Crippen molar-refractivity contribution in [2.24, 2.45) is 0 Å². The van der Waals surface area contributed by atoms with E-state index >= 15 is 0 Å². The molecule has 0 spiro atoms. The minimum absolute atomic E-state index is 0.560. The van der Waals surface area contributed by atoms with Gasteiger partial charge in [-0.2, -0.15) is 0 Å². The molecule has 6 heteroatoms. The molecule has 0 radical (unpaired) electrons. The molecule has 0 unspecified atom stereocenters. The van der Waals surface area contributed by atoms with E-state index in [1.807, 2.05) is 30.3 Å². The Balaban J connectivity index is 1.49. The fourth-order valence-electron chi connectivity index (χ4n) is 3.28. The smallest absolute Gasteiger partial charge is 0.247 e. The molecule has 134 valence electrons. The van der Waals surface area contributed by atoms with Crippen molar-refractivity contribution >= 4 is 0 Å². The summed E-state index contributed by atoms with van der Waals surface area (Å²) in [5.41, 5.74) is 3.48. The lowest BCUT2D eigenvalue weighted by atomic mass is 9.99. The van der Waals surface area contributed by atoms with Crippen molar-refractivity contribution in [2.75, 3.05) is 20.8 Å². The quantitative estimate of drug-likeness (QED) is 0.703. The van der Waals surface area contributed by atoms with Gasteiger partial charge in [-0.3, -0.25) is 4.90 Å². The van der Waals surface area contributed by atoms with Crippen molar-refractivity contribution < 1.29 is 13.9 Å². The Labute approximate surface area is 152 Å². The van der Waals surface area contributed by atoms with Gasteiger partial charge in [0.05, 0.1) is 20.8 Å². The number of benzene rings is 2. The Morgan fingerprint density at radius 1 is 1.00 bits per heavy atom. The molecular weight excluding hydrogens is 330 g/mol. The first-order valence-corrected chi connectivity index (χ1v) is 8.60. The van der Waals surface area contributed by atoms with Gasteiger partial charge in [0, 0.05) is 18.7 Å². The molecule has 6 nitrogen and oxygen atoms in total. The van der Waals surface area contributed by atoms with Gasteiger partial charge in [-0.05, 0) is 41.8 Å². The maximum absolute atomic E-state index is 5.83. The highest BCUT2D eigenvalue weighted by Gasteiger charge is 2.21. The van der Waals surface area contributed by atoms with E-state index in [1.165, 1.54) is 11.1 Å². The number of nitrogens with zero attached hydrogens (tertiary/aromatic N) is 3. The van der Waals surface area contributed by atoms with E-state index < -0.39 is 0 Å². The summed E-state index contributed by atoms with van der Waals surface area (Å²) in [4.78, 5) is 2.30. The number of rotatable bonds is 5. The molecule has 1 aromatic heterocycles. The Bertz CT molecular complexity index is 893. The fraction of sp³-hybridized carbons (Fsp3) is 0.300. The lowest BCUT2D eigenvalue weighted by molar-refractivity contribution is 0.221. The Hall–Kier alpha value is -2.86. The molecule has 2 aromatic carbocycles. The van der Waals surface area contributed by atoms with E-state index in [9.17, 15) is 0 Å². The zero-order chi connectivity index (χ0) is 17.9. The summed E-state index contributed by atoms with van der Waals surface area (Å²) in [6.45, 7) is 2.39. The molecule has 0 aliphatic carbocycles. The first-order valence-electron chi connectivity index (χ1n) is 8.60. The van der Waals surface area contributed by atoms with Crippen LogP contribution in [0.15, 0.2) is 46.9 Å². The predicted molar refractivity (Wildman–Crippen MR) is 97.1 cm³/mol. The summed E-state index contributed by atoms with van der Waals surface area (Å²) in [7, 11) is 3.33. The van der Waals surface area contributed by atoms with Crippen LogP contribution in [-0.2, 0) is 19.5 Å². The van der Waals surface area contributed by atoms with E-state index in [0.29, 0.717) is 18.3 Å². The van der Waals surface area contributed by atoms with Crippen LogP contribution in [-0.4, -0.2) is 35.9 Å². The SMILES string of the molecule is COc1cc2c(cc1OC)CN(Cc1nnc(-c3ccccc3)o1)CC2. The molecule has 0 saturated heterocycles.